The Hall–Kier alpha value is -2.26. The molecule has 2 heterocycles. The van der Waals surface area contributed by atoms with Gasteiger partial charge < -0.3 is 5.11 Å². The van der Waals surface area contributed by atoms with E-state index in [4.69, 9.17) is 0 Å². The zero-order chi connectivity index (χ0) is 14.7. The molecule has 106 valence electrons. The van der Waals surface area contributed by atoms with E-state index in [1.807, 2.05) is 42.5 Å². The van der Waals surface area contributed by atoms with Crippen molar-refractivity contribution in [2.75, 3.05) is 0 Å². The maximum atomic E-state index is 10.6. The third kappa shape index (κ3) is 2.78. The highest BCUT2D eigenvalue weighted by molar-refractivity contribution is 5.81. The number of aliphatic hydroxyl groups excluding tert-OH is 1. The predicted molar refractivity (Wildman–Crippen MR) is 84.0 cm³/mol. The number of benzene rings is 1. The molecule has 1 atom stereocenters. The van der Waals surface area contributed by atoms with Gasteiger partial charge in [0.25, 0.3) is 0 Å². The second-order valence-electron chi connectivity index (χ2n) is 5.11. The number of para-hydroxylation sites is 1. The normalized spacial score (nSPS) is 12.5. The molecule has 0 bridgehead atoms. The molecule has 0 saturated carbocycles. The number of aryl methyl sites for hydroxylation is 1. The first kappa shape index (κ1) is 13.7. The van der Waals surface area contributed by atoms with E-state index in [1.165, 1.54) is 0 Å². The van der Waals surface area contributed by atoms with Crippen molar-refractivity contribution in [3.63, 3.8) is 0 Å². The number of fused-ring (bicyclic) bond motifs is 1. The monoisotopic (exact) mass is 278 g/mol. The van der Waals surface area contributed by atoms with Gasteiger partial charge >= 0.3 is 0 Å². The average molecular weight is 278 g/mol. The van der Waals surface area contributed by atoms with Crippen molar-refractivity contribution in [1.82, 2.24) is 9.97 Å². The van der Waals surface area contributed by atoms with E-state index in [0.717, 1.165) is 34.1 Å². The number of pyridine rings is 2. The van der Waals surface area contributed by atoms with Gasteiger partial charge in [-0.3, -0.25) is 9.97 Å². The molecule has 1 aromatic carbocycles. The smallest absolute Gasteiger partial charge is 0.100 e. The van der Waals surface area contributed by atoms with Crippen molar-refractivity contribution in [2.45, 2.75) is 25.9 Å². The lowest BCUT2D eigenvalue weighted by Crippen LogP contribution is -2.08. The van der Waals surface area contributed by atoms with E-state index in [1.54, 1.807) is 12.4 Å². The van der Waals surface area contributed by atoms with E-state index < -0.39 is 6.10 Å². The summed E-state index contributed by atoms with van der Waals surface area (Å²) in [6.45, 7) is 2.08. The molecule has 1 unspecified atom stereocenters. The molecular weight excluding hydrogens is 260 g/mol. The highest BCUT2D eigenvalue weighted by Gasteiger charge is 2.15. The van der Waals surface area contributed by atoms with Gasteiger partial charge in [-0.1, -0.05) is 31.2 Å². The summed E-state index contributed by atoms with van der Waals surface area (Å²) in [7, 11) is 0. The number of nitrogens with zero attached hydrogens (tertiary/aromatic N) is 2. The summed E-state index contributed by atoms with van der Waals surface area (Å²) >= 11 is 0. The van der Waals surface area contributed by atoms with Crippen molar-refractivity contribution < 1.29 is 5.11 Å². The van der Waals surface area contributed by atoms with Crippen LogP contribution in [0.2, 0.25) is 0 Å². The lowest BCUT2D eigenvalue weighted by atomic mass is 9.98. The first-order valence-corrected chi connectivity index (χ1v) is 7.24. The molecule has 0 saturated heterocycles. The van der Waals surface area contributed by atoms with E-state index in [0.29, 0.717) is 6.42 Å². The number of hydrogen-bond acceptors (Lipinski definition) is 3. The van der Waals surface area contributed by atoms with E-state index in [9.17, 15) is 5.11 Å². The van der Waals surface area contributed by atoms with Gasteiger partial charge in [0, 0.05) is 24.2 Å². The van der Waals surface area contributed by atoms with Crippen LogP contribution in [-0.2, 0) is 12.8 Å². The van der Waals surface area contributed by atoms with Crippen LogP contribution in [0.3, 0.4) is 0 Å². The minimum Gasteiger partial charge on any atom is -0.386 e. The minimum absolute atomic E-state index is 0.549. The van der Waals surface area contributed by atoms with Gasteiger partial charge in [0.05, 0.1) is 11.2 Å². The number of aliphatic hydroxyl groups is 1. The quantitative estimate of drug-likeness (QED) is 0.795. The molecule has 0 radical (unpaired) electrons. The molecule has 3 aromatic rings. The maximum Gasteiger partial charge on any atom is 0.100 e. The summed E-state index contributed by atoms with van der Waals surface area (Å²) in [6.07, 6.45) is 4.36. The van der Waals surface area contributed by atoms with Gasteiger partial charge in [-0.2, -0.15) is 0 Å². The Balaban J connectivity index is 1.95. The van der Waals surface area contributed by atoms with Crippen LogP contribution in [0.15, 0.2) is 54.9 Å². The first-order valence-electron chi connectivity index (χ1n) is 7.24. The summed E-state index contributed by atoms with van der Waals surface area (Å²) in [5.41, 5.74) is 3.93. The second-order valence-corrected chi connectivity index (χ2v) is 5.11. The molecule has 3 heteroatoms. The van der Waals surface area contributed by atoms with E-state index in [2.05, 4.69) is 16.9 Å². The maximum absolute atomic E-state index is 10.6. The van der Waals surface area contributed by atoms with Gasteiger partial charge in [0.2, 0.25) is 0 Å². The Kier molecular flexibility index (Phi) is 3.93. The lowest BCUT2D eigenvalue weighted by molar-refractivity contribution is 0.173. The second kappa shape index (κ2) is 6.02. The van der Waals surface area contributed by atoms with Gasteiger partial charge in [0.15, 0.2) is 0 Å². The summed E-state index contributed by atoms with van der Waals surface area (Å²) in [4.78, 5) is 8.72. The number of rotatable bonds is 4. The zero-order valence-electron chi connectivity index (χ0n) is 12.0. The van der Waals surface area contributed by atoms with Crippen molar-refractivity contribution in [3.05, 3.63) is 71.7 Å². The molecule has 0 fully saturated rings. The number of hydrogen-bond donors (Lipinski definition) is 1. The highest BCUT2D eigenvalue weighted by atomic mass is 16.3. The highest BCUT2D eigenvalue weighted by Crippen LogP contribution is 2.24. The van der Waals surface area contributed by atoms with Gasteiger partial charge in [0.1, 0.15) is 6.10 Å². The number of aromatic nitrogens is 2. The zero-order valence-corrected chi connectivity index (χ0v) is 12.0. The van der Waals surface area contributed by atoms with Crippen LogP contribution in [0.5, 0.6) is 0 Å². The Morgan fingerprint density at radius 3 is 2.67 bits per heavy atom. The van der Waals surface area contributed by atoms with E-state index >= 15 is 0 Å². The molecule has 2 aromatic heterocycles. The van der Waals surface area contributed by atoms with Crippen molar-refractivity contribution in [1.29, 1.82) is 0 Å². The molecule has 0 aliphatic rings. The SMILES string of the molecule is CCc1cccnc1C(O)Cc1ccnc2ccccc12. The molecule has 0 amide bonds. The molecular formula is C18H18N2O. The Morgan fingerprint density at radius 1 is 0.952 bits per heavy atom. The predicted octanol–water partition coefficient (Wildman–Crippen LogP) is 3.47. The van der Waals surface area contributed by atoms with Crippen LogP contribution in [0.25, 0.3) is 10.9 Å². The van der Waals surface area contributed by atoms with Crippen LogP contribution in [0, 0.1) is 0 Å². The van der Waals surface area contributed by atoms with Crippen molar-refractivity contribution in [3.8, 4) is 0 Å². The fourth-order valence-corrected chi connectivity index (χ4v) is 2.69. The molecule has 0 spiro atoms. The van der Waals surface area contributed by atoms with E-state index in [-0.39, 0.29) is 0 Å². The summed E-state index contributed by atoms with van der Waals surface area (Å²) < 4.78 is 0. The van der Waals surface area contributed by atoms with Crippen LogP contribution in [0.4, 0.5) is 0 Å². The fourth-order valence-electron chi connectivity index (χ4n) is 2.69. The third-order valence-corrected chi connectivity index (χ3v) is 3.78. The molecule has 3 nitrogen and oxygen atoms in total. The molecule has 0 aliphatic carbocycles. The summed E-state index contributed by atoms with van der Waals surface area (Å²) in [5.74, 6) is 0. The standard InChI is InChI=1S/C18H18N2O/c1-2-13-6-5-10-20-18(13)17(21)12-14-9-11-19-16-8-4-3-7-15(14)16/h3-11,17,21H,2,12H2,1H3. The largest absolute Gasteiger partial charge is 0.386 e. The van der Waals surface area contributed by atoms with Crippen LogP contribution in [-0.4, -0.2) is 15.1 Å². The lowest BCUT2D eigenvalue weighted by Gasteiger charge is -2.14. The minimum atomic E-state index is -0.591. The van der Waals surface area contributed by atoms with Crippen LogP contribution < -0.4 is 0 Å². The van der Waals surface area contributed by atoms with Gasteiger partial charge in [-0.15, -0.1) is 0 Å². The van der Waals surface area contributed by atoms with Crippen LogP contribution in [0.1, 0.15) is 29.8 Å². The topological polar surface area (TPSA) is 46.0 Å². The average Bonchev–Trinajstić information content (AvgIpc) is 2.55. The first-order chi connectivity index (χ1) is 10.3. The Labute approximate surface area is 124 Å². The third-order valence-electron chi connectivity index (χ3n) is 3.78. The Bertz CT molecular complexity index is 750. The fraction of sp³-hybridized carbons (Fsp3) is 0.222. The van der Waals surface area contributed by atoms with Gasteiger partial charge in [-0.05, 0) is 35.7 Å². The van der Waals surface area contributed by atoms with Crippen LogP contribution >= 0.6 is 0 Å². The summed E-state index contributed by atoms with van der Waals surface area (Å²) in [5, 5.41) is 11.7. The molecule has 1 N–H and O–H groups in total. The Morgan fingerprint density at radius 2 is 1.81 bits per heavy atom. The molecule has 0 aliphatic heterocycles. The van der Waals surface area contributed by atoms with Crippen molar-refractivity contribution >= 4 is 10.9 Å². The summed E-state index contributed by atoms with van der Waals surface area (Å²) in [6, 6.07) is 13.9. The van der Waals surface area contributed by atoms with Gasteiger partial charge in [-0.25, -0.2) is 0 Å². The van der Waals surface area contributed by atoms with Crippen molar-refractivity contribution in [2.24, 2.45) is 0 Å². The molecule has 3 rings (SSSR count). The molecule has 21 heavy (non-hydrogen) atoms.